The molecule has 1 aromatic rings. The van der Waals surface area contributed by atoms with Crippen LogP contribution < -0.4 is 5.32 Å². The van der Waals surface area contributed by atoms with Crippen molar-refractivity contribution in [1.29, 1.82) is 0 Å². The monoisotopic (exact) mass is 327 g/mol. The molecule has 1 N–H and O–H groups in total. The van der Waals surface area contributed by atoms with Gasteiger partial charge in [0.05, 0.1) is 11.1 Å². The van der Waals surface area contributed by atoms with Gasteiger partial charge in [0, 0.05) is 5.33 Å². The van der Waals surface area contributed by atoms with Crippen LogP contribution >= 0.6 is 15.9 Å². The van der Waals surface area contributed by atoms with E-state index < -0.39 is 5.82 Å². The summed E-state index contributed by atoms with van der Waals surface area (Å²) in [6, 6.07) is 6.12. The molecule has 2 nitrogen and oxygen atoms in total. The van der Waals surface area contributed by atoms with Gasteiger partial charge in [0.15, 0.2) is 0 Å². The van der Waals surface area contributed by atoms with Crippen molar-refractivity contribution in [2.24, 2.45) is 5.92 Å². The summed E-state index contributed by atoms with van der Waals surface area (Å²) in [6.45, 7) is 2.23. The Morgan fingerprint density at radius 1 is 1.42 bits per heavy atom. The third kappa shape index (κ3) is 3.35. The molecule has 0 spiro atoms. The Balaban J connectivity index is 2.11. The summed E-state index contributed by atoms with van der Waals surface area (Å²) in [7, 11) is 0. The van der Waals surface area contributed by atoms with Gasteiger partial charge in [0.1, 0.15) is 5.82 Å². The summed E-state index contributed by atoms with van der Waals surface area (Å²) < 4.78 is 13.6. The lowest BCUT2D eigenvalue weighted by Gasteiger charge is -2.39. The fraction of sp³-hybridized carbons (Fsp3) is 0.533. The van der Waals surface area contributed by atoms with Crippen molar-refractivity contribution >= 4 is 21.8 Å². The van der Waals surface area contributed by atoms with Crippen molar-refractivity contribution in [2.75, 3.05) is 5.33 Å². The lowest BCUT2D eigenvalue weighted by atomic mass is 9.78. The fourth-order valence-corrected chi connectivity index (χ4v) is 3.26. The van der Waals surface area contributed by atoms with Crippen LogP contribution in [0.15, 0.2) is 24.3 Å². The smallest absolute Gasteiger partial charge is 0.254 e. The van der Waals surface area contributed by atoms with Gasteiger partial charge in [0.25, 0.3) is 5.91 Å². The molecule has 0 unspecified atom stereocenters. The number of hydrogen-bond donors (Lipinski definition) is 1. The van der Waals surface area contributed by atoms with E-state index in [9.17, 15) is 9.18 Å². The number of halogens is 2. The highest BCUT2D eigenvalue weighted by molar-refractivity contribution is 9.09. The lowest BCUT2D eigenvalue weighted by Crippen LogP contribution is -2.52. The van der Waals surface area contributed by atoms with Crippen LogP contribution in [-0.4, -0.2) is 16.8 Å². The molecule has 0 bridgehead atoms. The Kier molecular flexibility index (Phi) is 4.61. The van der Waals surface area contributed by atoms with Gasteiger partial charge < -0.3 is 5.32 Å². The van der Waals surface area contributed by atoms with E-state index in [-0.39, 0.29) is 17.0 Å². The molecule has 104 valence electrons. The van der Waals surface area contributed by atoms with E-state index in [1.165, 1.54) is 12.1 Å². The number of amides is 1. The Bertz CT molecular complexity index is 455. The van der Waals surface area contributed by atoms with Gasteiger partial charge in [-0.2, -0.15) is 0 Å². The molecule has 1 amide bonds. The highest BCUT2D eigenvalue weighted by atomic mass is 79.9. The first kappa shape index (κ1) is 14.5. The summed E-state index contributed by atoms with van der Waals surface area (Å²) >= 11 is 3.50. The van der Waals surface area contributed by atoms with Crippen molar-refractivity contribution in [2.45, 2.75) is 38.1 Å². The molecule has 0 aromatic heterocycles. The molecule has 0 heterocycles. The number of benzene rings is 1. The van der Waals surface area contributed by atoms with Gasteiger partial charge in [-0.3, -0.25) is 4.79 Å². The second kappa shape index (κ2) is 6.04. The van der Waals surface area contributed by atoms with Crippen molar-refractivity contribution in [3.8, 4) is 0 Å². The number of carbonyl (C=O) groups excluding carboxylic acids is 1. The van der Waals surface area contributed by atoms with E-state index in [0.29, 0.717) is 11.2 Å². The predicted octanol–water partition coefficient (Wildman–Crippen LogP) is 3.90. The molecule has 19 heavy (non-hydrogen) atoms. The summed E-state index contributed by atoms with van der Waals surface area (Å²) in [5, 5.41) is 3.75. The Morgan fingerprint density at radius 2 is 2.05 bits per heavy atom. The Morgan fingerprint density at radius 3 is 2.63 bits per heavy atom. The average molecular weight is 328 g/mol. The number of alkyl halides is 1. The molecular formula is C15H19BrFNO. The molecule has 1 aromatic carbocycles. The highest BCUT2D eigenvalue weighted by Crippen LogP contribution is 2.33. The lowest BCUT2D eigenvalue weighted by molar-refractivity contribution is 0.0870. The minimum absolute atomic E-state index is 0.126. The standard InChI is InChI=1S/C15H19BrFNO/c1-11-6-8-15(10-16,9-7-11)18-14(19)12-4-2-3-5-13(12)17/h2-5,11H,6-10H2,1H3,(H,18,19). The van der Waals surface area contributed by atoms with Crippen LogP contribution in [0.2, 0.25) is 0 Å². The van der Waals surface area contributed by atoms with E-state index in [4.69, 9.17) is 0 Å². The van der Waals surface area contributed by atoms with E-state index in [1.807, 2.05) is 0 Å². The molecule has 0 atom stereocenters. The molecular weight excluding hydrogens is 309 g/mol. The Hall–Kier alpha value is -0.900. The first-order chi connectivity index (χ1) is 9.06. The molecule has 1 aliphatic rings. The van der Waals surface area contributed by atoms with E-state index >= 15 is 0 Å². The highest BCUT2D eigenvalue weighted by Gasteiger charge is 2.35. The third-order valence-corrected chi connectivity index (χ3v) is 5.06. The quantitative estimate of drug-likeness (QED) is 0.838. The van der Waals surface area contributed by atoms with E-state index in [0.717, 1.165) is 25.7 Å². The Labute approximate surface area is 121 Å². The van der Waals surface area contributed by atoms with Gasteiger partial charge >= 0.3 is 0 Å². The topological polar surface area (TPSA) is 29.1 Å². The third-order valence-electron chi connectivity index (χ3n) is 3.98. The zero-order valence-electron chi connectivity index (χ0n) is 11.1. The van der Waals surface area contributed by atoms with Crippen LogP contribution in [0.1, 0.15) is 43.0 Å². The largest absolute Gasteiger partial charge is 0.346 e. The summed E-state index contributed by atoms with van der Waals surface area (Å²) in [6.07, 6.45) is 4.09. The van der Waals surface area contributed by atoms with Crippen molar-refractivity contribution < 1.29 is 9.18 Å². The minimum atomic E-state index is -0.464. The fourth-order valence-electron chi connectivity index (χ4n) is 2.56. The molecule has 1 aliphatic carbocycles. The SMILES string of the molecule is CC1CCC(CBr)(NC(=O)c2ccccc2F)CC1. The summed E-state index contributed by atoms with van der Waals surface area (Å²) in [5.41, 5.74) is -0.104. The second-order valence-electron chi connectivity index (χ2n) is 5.53. The van der Waals surface area contributed by atoms with E-state index in [1.54, 1.807) is 12.1 Å². The molecule has 2 rings (SSSR count). The summed E-state index contributed by atoms with van der Waals surface area (Å²) in [4.78, 5) is 12.2. The predicted molar refractivity (Wildman–Crippen MR) is 78.0 cm³/mol. The van der Waals surface area contributed by atoms with Crippen LogP contribution in [-0.2, 0) is 0 Å². The van der Waals surface area contributed by atoms with E-state index in [2.05, 4.69) is 28.2 Å². The molecule has 0 saturated heterocycles. The molecule has 0 radical (unpaired) electrons. The van der Waals surface area contributed by atoms with Gasteiger partial charge in [-0.1, -0.05) is 35.0 Å². The van der Waals surface area contributed by atoms with Crippen LogP contribution in [0.5, 0.6) is 0 Å². The van der Waals surface area contributed by atoms with Gasteiger partial charge in [-0.15, -0.1) is 0 Å². The normalized spacial score (nSPS) is 27.0. The van der Waals surface area contributed by atoms with Crippen LogP contribution in [0.25, 0.3) is 0 Å². The molecule has 4 heteroatoms. The average Bonchev–Trinajstić information content (AvgIpc) is 2.42. The van der Waals surface area contributed by atoms with Gasteiger partial charge in [-0.05, 0) is 43.7 Å². The maximum atomic E-state index is 13.6. The van der Waals surface area contributed by atoms with Crippen LogP contribution in [0.4, 0.5) is 4.39 Å². The van der Waals surface area contributed by atoms with Crippen molar-refractivity contribution in [3.63, 3.8) is 0 Å². The number of carbonyl (C=O) groups is 1. The summed E-state index contributed by atoms with van der Waals surface area (Å²) in [5.74, 6) is -0.0708. The zero-order valence-corrected chi connectivity index (χ0v) is 12.7. The van der Waals surface area contributed by atoms with Crippen LogP contribution in [0.3, 0.4) is 0 Å². The first-order valence-electron chi connectivity index (χ1n) is 6.69. The maximum absolute atomic E-state index is 13.6. The minimum Gasteiger partial charge on any atom is -0.346 e. The van der Waals surface area contributed by atoms with Gasteiger partial charge in [-0.25, -0.2) is 4.39 Å². The molecule has 0 aliphatic heterocycles. The zero-order chi connectivity index (χ0) is 13.9. The maximum Gasteiger partial charge on any atom is 0.254 e. The number of rotatable bonds is 3. The van der Waals surface area contributed by atoms with Crippen molar-refractivity contribution in [1.82, 2.24) is 5.32 Å². The first-order valence-corrected chi connectivity index (χ1v) is 7.81. The number of hydrogen-bond acceptors (Lipinski definition) is 1. The second-order valence-corrected chi connectivity index (χ2v) is 6.09. The van der Waals surface area contributed by atoms with Crippen LogP contribution in [0, 0.1) is 11.7 Å². The van der Waals surface area contributed by atoms with Gasteiger partial charge in [0.2, 0.25) is 0 Å². The molecule has 1 fully saturated rings. The molecule has 1 saturated carbocycles. The van der Waals surface area contributed by atoms with Crippen molar-refractivity contribution in [3.05, 3.63) is 35.6 Å². The number of nitrogens with one attached hydrogen (secondary N) is 1.